The first kappa shape index (κ1) is 27.8. The number of benzene rings is 3. The van der Waals surface area contributed by atoms with Gasteiger partial charge in [0.05, 0.1) is 10.9 Å². The molecule has 4 aromatic rings. The molecule has 1 aromatic heterocycles. The summed E-state index contributed by atoms with van der Waals surface area (Å²) in [5.41, 5.74) is 3.65. The van der Waals surface area contributed by atoms with Gasteiger partial charge in [0.15, 0.2) is 0 Å². The molecule has 0 atom stereocenters. The summed E-state index contributed by atoms with van der Waals surface area (Å²) in [6.45, 7) is 2.39. The smallest absolute Gasteiger partial charge is 0.307 e. The van der Waals surface area contributed by atoms with Gasteiger partial charge in [-0.25, -0.2) is 13.6 Å². The van der Waals surface area contributed by atoms with E-state index in [2.05, 4.69) is 9.88 Å². The van der Waals surface area contributed by atoms with Crippen LogP contribution in [0.4, 0.5) is 8.78 Å². The molecule has 0 unspecified atom stereocenters. The van der Waals surface area contributed by atoms with Gasteiger partial charge in [-0.2, -0.15) is 0 Å². The van der Waals surface area contributed by atoms with Crippen LogP contribution in [0.3, 0.4) is 0 Å². The molecule has 9 heteroatoms. The highest BCUT2D eigenvalue weighted by molar-refractivity contribution is 6.31. The summed E-state index contributed by atoms with van der Waals surface area (Å²) in [5, 5.41) is 0.877. The summed E-state index contributed by atoms with van der Waals surface area (Å²) in [4.78, 5) is 30.5. The van der Waals surface area contributed by atoms with Crippen molar-refractivity contribution in [2.75, 3.05) is 19.6 Å². The van der Waals surface area contributed by atoms with Crippen LogP contribution in [-0.4, -0.2) is 34.1 Å². The minimum atomic E-state index is -0.454. The van der Waals surface area contributed by atoms with Gasteiger partial charge in [0.1, 0.15) is 11.6 Å². The molecule has 1 fully saturated rings. The molecule has 198 valence electrons. The van der Waals surface area contributed by atoms with Gasteiger partial charge in [-0.05, 0) is 85.0 Å². The summed E-state index contributed by atoms with van der Waals surface area (Å²) < 4.78 is 28.5. The lowest BCUT2D eigenvalue weighted by Crippen LogP contribution is -2.39. The third kappa shape index (κ3) is 6.07. The number of rotatable bonds is 5. The third-order valence-corrected chi connectivity index (χ3v) is 7.12. The Kier molecular flexibility index (Phi) is 8.82. The Morgan fingerprint density at radius 3 is 2.11 bits per heavy atom. The summed E-state index contributed by atoms with van der Waals surface area (Å²) in [5.74, 6) is -0.609. The number of hydrogen-bond acceptors (Lipinski definition) is 3. The van der Waals surface area contributed by atoms with Crippen molar-refractivity contribution < 1.29 is 8.78 Å². The van der Waals surface area contributed by atoms with Gasteiger partial charge >= 0.3 is 5.69 Å². The number of fused-ring (bicyclic) bond motifs is 1. The van der Waals surface area contributed by atoms with Gasteiger partial charge in [0.25, 0.3) is 5.56 Å². The molecular weight excluding hydrogens is 531 g/mol. The number of aromatic amines is 1. The molecule has 0 amide bonds. The summed E-state index contributed by atoms with van der Waals surface area (Å²) in [7, 11) is 0. The minimum absolute atomic E-state index is 0. The van der Waals surface area contributed by atoms with Crippen molar-refractivity contribution in [1.82, 2.24) is 14.5 Å². The molecule has 1 saturated heterocycles. The zero-order chi connectivity index (χ0) is 25.9. The number of likely N-dealkylation sites (tertiary alicyclic amines) is 1. The predicted molar refractivity (Wildman–Crippen MR) is 150 cm³/mol. The third-order valence-electron chi connectivity index (χ3n) is 6.89. The number of H-pyrrole nitrogens is 1. The second-order valence-electron chi connectivity index (χ2n) is 9.26. The van der Waals surface area contributed by atoms with Crippen molar-refractivity contribution in [2.45, 2.75) is 25.8 Å². The summed E-state index contributed by atoms with van der Waals surface area (Å²) >= 11 is 5.99. The molecule has 1 aliphatic rings. The Morgan fingerprint density at radius 2 is 1.47 bits per heavy atom. The van der Waals surface area contributed by atoms with Crippen molar-refractivity contribution in [3.05, 3.63) is 121 Å². The van der Waals surface area contributed by atoms with Crippen molar-refractivity contribution in [2.24, 2.45) is 0 Å². The molecular formula is C29H27Cl2F2N3O2. The van der Waals surface area contributed by atoms with E-state index in [9.17, 15) is 18.4 Å². The maximum Gasteiger partial charge on any atom is 0.328 e. The number of nitrogens with one attached hydrogen (secondary N) is 1. The molecule has 1 aliphatic heterocycles. The maximum atomic E-state index is 13.6. The van der Waals surface area contributed by atoms with E-state index < -0.39 is 5.69 Å². The highest BCUT2D eigenvalue weighted by Crippen LogP contribution is 2.32. The molecule has 0 spiro atoms. The van der Waals surface area contributed by atoms with Gasteiger partial charge in [-0.3, -0.25) is 9.36 Å². The van der Waals surface area contributed by atoms with Crippen LogP contribution >= 0.6 is 24.0 Å². The molecule has 38 heavy (non-hydrogen) atoms. The zero-order valence-electron chi connectivity index (χ0n) is 20.6. The zero-order valence-corrected chi connectivity index (χ0v) is 22.1. The molecule has 5 rings (SSSR count). The quantitative estimate of drug-likeness (QED) is 0.326. The normalized spacial score (nSPS) is 14.2. The highest BCUT2D eigenvalue weighted by Gasteiger charge is 2.18. The average Bonchev–Trinajstić information content (AvgIpc) is 3.12. The van der Waals surface area contributed by atoms with Gasteiger partial charge in [-0.1, -0.05) is 41.4 Å². The lowest BCUT2D eigenvalue weighted by atomic mass is 9.90. The Hall–Kier alpha value is -3.26. The van der Waals surface area contributed by atoms with Crippen LogP contribution < -0.4 is 11.2 Å². The largest absolute Gasteiger partial charge is 0.328 e. The fourth-order valence-electron chi connectivity index (χ4n) is 5.00. The lowest BCUT2D eigenvalue weighted by Gasteiger charge is -2.20. The van der Waals surface area contributed by atoms with Crippen LogP contribution in [-0.2, 0) is 6.54 Å². The van der Waals surface area contributed by atoms with Gasteiger partial charge in [0, 0.05) is 24.7 Å². The second-order valence-corrected chi connectivity index (χ2v) is 9.70. The second kappa shape index (κ2) is 12.1. The van der Waals surface area contributed by atoms with Gasteiger partial charge < -0.3 is 9.88 Å². The monoisotopic (exact) mass is 557 g/mol. The first-order valence-electron chi connectivity index (χ1n) is 12.3. The van der Waals surface area contributed by atoms with E-state index in [4.69, 9.17) is 11.6 Å². The van der Waals surface area contributed by atoms with Crippen LogP contribution in [0.15, 0.2) is 81.9 Å². The molecule has 1 N–H and O–H groups in total. The SMILES string of the molecule is Cl.O=c1[nH]c2cc(Cl)ccc2c(=O)n1CCN1CCCC(=C(c2ccc(F)cc2)c2ccc(F)cc2)CC1. The highest BCUT2D eigenvalue weighted by atomic mass is 35.5. The first-order valence-corrected chi connectivity index (χ1v) is 12.7. The van der Waals surface area contributed by atoms with E-state index in [-0.39, 0.29) is 36.1 Å². The molecule has 0 saturated carbocycles. The minimum Gasteiger partial charge on any atom is -0.307 e. The van der Waals surface area contributed by atoms with Gasteiger partial charge in [-0.15, -0.1) is 12.4 Å². The lowest BCUT2D eigenvalue weighted by molar-refractivity contribution is 0.272. The van der Waals surface area contributed by atoms with E-state index in [0.29, 0.717) is 22.5 Å². The fourth-order valence-corrected chi connectivity index (χ4v) is 5.17. The summed E-state index contributed by atoms with van der Waals surface area (Å²) in [6, 6.07) is 17.6. The predicted octanol–water partition coefficient (Wildman–Crippen LogP) is 6.03. The van der Waals surface area contributed by atoms with E-state index in [0.717, 1.165) is 49.1 Å². The first-order chi connectivity index (χ1) is 17.9. The Bertz CT molecular complexity index is 1530. The Labute approximate surface area is 229 Å². The van der Waals surface area contributed by atoms with E-state index in [1.807, 2.05) is 0 Å². The van der Waals surface area contributed by atoms with E-state index in [1.165, 1.54) is 34.4 Å². The Balaban J connectivity index is 0.00000336. The standard InChI is InChI=1S/C29H26ClF2N3O2.ClH/c30-22-7-12-25-26(18-22)33-29(37)35(28(25)36)17-16-34-14-1-2-19(13-15-34)27(20-3-8-23(31)9-4-20)21-5-10-24(32)11-6-21;/h3-12,18H,1-2,13-17H2,(H,33,37);1H. The molecule has 2 heterocycles. The van der Waals surface area contributed by atoms with Crippen LogP contribution in [0.5, 0.6) is 0 Å². The van der Waals surface area contributed by atoms with Crippen molar-refractivity contribution in [3.8, 4) is 0 Å². The topological polar surface area (TPSA) is 58.1 Å². The molecule has 5 nitrogen and oxygen atoms in total. The molecule has 3 aromatic carbocycles. The van der Waals surface area contributed by atoms with Crippen molar-refractivity contribution in [1.29, 1.82) is 0 Å². The fraction of sp³-hybridized carbons (Fsp3) is 0.241. The number of halogens is 4. The number of hydrogen-bond donors (Lipinski definition) is 1. The molecule has 0 aliphatic carbocycles. The van der Waals surface area contributed by atoms with Crippen molar-refractivity contribution >= 4 is 40.5 Å². The van der Waals surface area contributed by atoms with E-state index >= 15 is 0 Å². The van der Waals surface area contributed by atoms with Crippen LogP contribution in [0.25, 0.3) is 16.5 Å². The van der Waals surface area contributed by atoms with Crippen LogP contribution in [0.2, 0.25) is 5.02 Å². The van der Waals surface area contributed by atoms with Gasteiger partial charge in [0.2, 0.25) is 0 Å². The number of aromatic nitrogens is 2. The Morgan fingerprint density at radius 1 is 0.842 bits per heavy atom. The summed E-state index contributed by atoms with van der Waals surface area (Å²) in [6.07, 6.45) is 2.51. The van der Waals surface area contributed by atoms with Crippen molar-refractivity contribution in [3.63, 3.8) is 0 Å². The maximum absolute atomic E-state index is 13.6. The molecule has 0 radical (unpaired) electrons. The molecule has 0 bridgehead atoms. The van der Waals surface area contributed by atoms with Crippen LogP contribution in [0, 0.1) is 11.6 Å². The average molecular weight is 558 g/mol. The number of nitrogens with zero attached hydrogens (tertiary/aromatic N) is 2. The van der Waals surface area contributed by atoms with Crippen LogP contribution in [0.1, 0.15) is 30.4 Å². The van der Waals surface area contributed by atoms with E-state index in [1.54, 1.807) is 42.5 Å².